The van der Waals surface area contributed by atoms with Gasteiger partial charge in [0.25, 0.3) is 0 Å². The molecular weight excluding hydrogens is 343 g/mol. The molecule has 1 amide bonds. The number of piperidine rings is 1. The maximum atomic E-state index is 10.8. The standard InChI is InChI=1S/C13H13IN2O2/c14-12-10(8-15)2-1-3-11(12)9-4-6-16(7-5-9)13(17)18/h1-3,9H,4-7H2,(H,17,18). The second-order valence-electron chi connectivity index (χ2n) is 4.36. The van der Waals surface area contributed by atoms with E-state index in [4.69, 9.17) is 10.4 Å². The summed E-state index contributed by atoms with van der Waals surface area (Å²) in [6, 6.07) is 7.95. The number of rotatable bonds is 1. The van der Waals surface area contributed by atoms with E-state index in [1.54, 1.807) is 0 Å². The van der Waals surface area contributed by atoms with Gasteiger partial charge >= 0.3 is 6.09 Å². The second-order valence-corrected chi connectivity index (χ2v) is 5.44. The van der Waals surface area contributed by atoms with Crippen molar-refractivity contribution in [2.75, 3.05) is 13.1 Å². The van der Waals surface area contributed by atoms with Crippen LogP contribution >= 0.6 is 22.6 Å². The quantitative estimate of drug-likeness (QED) is 0.787. The molecule has 94 valence electrons. The average Bonchev–Trinajstić information content (AvgIpc) is 2.39. The number of hydrogen-bond donors (Lipinski definition) is 1. The molecule has 4 nitrogen and oxygen atoms in total. The first-order valence-electron chi connectivity index (χ1n) is 5.80. The van der Waals surface area contributed by atoms with Crippen molar-refractivity contribution in [1.29, 1.82) is 5.26 Å². The molecule has 0 unspecified atom stereocenters. The molecule has 1 aromatic carbocycles. The van der Waals surface area contributed by atoms with Crippen molar-refractivity contribution >= 4 is 28.7 Å². The Hall–Kier alpha value is -1.29. The van der Waals surface area contributed by atoms with Crippen LogP contribution in [0.5, 0.6) is 0 Å². The topological polar surface area (TPSA) is 64.3 Å². The van der Waals surface area contributed by atoms with E-state index in [9.17, 15) is 4.79 Å². The van der Waals surface area contributed by atoms with Crippen LogP contribution in [-0.4, -0.2) is 29.2 Å². The van der Waals surface area contributed by atoms with Crippen molar-refractivity contribution < 1.29 is 9.90 Å². The zero-order chi connectivity index (χ0) is 13.1. The van der Waals surface area contributed by atoms with Gasteiger partial charge in [0, 0.05) is 16.7 Å². The third kappa shape index (κ3) is 2.58. The fraction of sp³-hybridized carbons (Fsp3) is 0.385. The number of hydrogen-bond acceptors (Lipinski definition) is 2. The van der Waals surface area contributed by atoms with Gasteiger partial charge < -0.3 is 10.0 Å². The lowest BCUT2D eigenvalue weighted by Crippen LogP contribution is -2.36. The normalized spacial score (nSPS) is 16.3. The predicted molar refractivity (Wildman–Crippen MR) is 75.4 cm³/mol. The third-order valence-electron chi connectivity index (χ3n) is 3.35. The maximum Gasteiger partial charge on any atom is 0.407 e. The van der Waals surface area contributed by atoms with Gasteiger partial charge in [-0.2, -0.15) is 5.26 Å². The molecule has 0 aliphatic carbocycles. The number of nitrogens with zero attached hydrogens (tertiary/aromatic N) is 2. The van der Waals surface area contributed by atoms with Crippen molar-refractivity contribution in [3.05, 3.63) is 32.9 Å². The molecule has 1 aliphatic rings. The zero-order valence-corrected chi connectivity index (χ0v) is 11.9. The summed E-state index contributed by atoms with van der Waals surface area (Å²) in [5, 5.41) is 17.9. The largest absolute Gasteiger partial charge is 0.465 e. The maximum absolute atomic E-state index is 10.8. The van der Waals surface area contributed by atoms with Gasteiger partial charge in [-0.25, -0.2) is 4.79 Å². The first-order chi connectivity index (χ1) is 8.63. The molecule has 0 spiro atoms. The Kier molecular flexibility index (Phi) is 4.07. The van der Waals surface area contributed by atoms with Crippen LogP contribution in [0.15, 0.2) is 18.2 Å². The van der Waals surface area contributed by atoms with Gasteiger partial charge in [0.2, 0.25) is 0 Å². The summed E-state index contributed by atoms with van der Waals surface area (Å²) in [5.74, 6) is 0.362. The predicted octanol–water partition coefficient (Wildman–Crippen LogP) is 3.02. The monoisotopic (exact) mass is 356 g/mol. The van der Waals surface area contributed by atoms with Crippen LogP contribution < -0.4 is 0 Å². The molecule has 0 atom stereocenters. The Bertz CT molecular complexity index is 502. The van der Waals surface area contributed by atoms with Crippen LogP contribution in [0.25, 0.3) is 0 Å². The highest BCUT2D eigenvalue weighted by Crippen LogP contribution is 2.32. The van der Waals surface area contributed by atoms with E-state index in [0.717, 1.165) is 16.4 Å². The summed E-state index contributed by atoms with van der Waals surface area (Å²) in [4.78, 5) is 12.3. The summed E-state index contributed by atoms with van der Waals surface area (Å²) in [7, 11) is 0. The fourth-order valence-electron chi connectivity index (χ4n) is 2.33. The number of halogens is 1. The molecule has 2 rings (SSSR count). The van der Waals surface area contributed by atoms with E-state index in [-0.39, 0.29) is 0 Å². The number of carbonyl (C=O) groups is 1. The molecule has 1 aliphatic heterocycles. The number of carboxylic acid groups (broad SMARTS) is 1. The van der Waals surface area contributed by atoms with E-state index < -0.39 is 6.09 Å². The van der Waals surface area contributed by atoms with Crippen molar-refractivity contribution in [3.8, 4) is 6.07 Å². The van der Waals surface area contributed by atoms with E-state index in [2.05, 4.69) is 28.7 Å². The van der Waals surface area contributed by atoms with Crippen molar-refractivity contribution in [1.82, 2.24) is 4.90 Å². The fourth-order valence-corrected chi connectivity index (χ4v) is 3.25. The van der Waals surface area contributed by atoms with Gasteiger partial charge in [-0.15, -0.1) is 0 Å². The molecule has 1 fully saturated rings. The lowest BCUT2D eigenvalue weighted by Gasteiger charge is -2.30. The van der Waals surface area contributed by atoms with Gasteiger partial charge in [-0.1, -0.05) is 12.1 Å². The summed E-state index contributed by atoms with van der Waals surface area (Å²) in [6.07, 6.45) is 0.822. The summed E-state index contributed by atoms with van der Waals surface area (Å²) < 4.78 is 1.01. The van der Waals surface area contributed by atoms with Crippen LogP contribution in [-0.2, 0) is 0 Å². The smallest absolute Gasteiger partial charge is 0.407 e. The van der Waals surface area contributed by atoms with Crippen molar-refractivity contribution in [3.63, 3.8) is 0 Å². The van der Waals surface area contributed by atoms with E-state index in [1.165, 1.54) is 10.5 Å². The summed E-state index contributed by atoms with van der Waals surface area (Å²) in [6.45, 7) is 1.15. The minimum absolute atomic E-state index is 0.362. The lowest BCUT2D eigenvalue weighted by molar-refractivity contribution is 0.132. The molecule has 1 N–H and O–H groups in total. The van der Waals surface area contributed by atoms with E-state index >= 15 is 0 Å². The number of nitriles is 1. The summed E-state index contributed by atoms with van der Waals surface area (Å²) in [5.41, 5.74) is 1.88. The molecule has 5 heteroatoms. The highest BCUT2D eigenvalue weighted by atomic mass is 127. The van der Waals surface area contributed by atoms with Crippen LogP contribution in [0, 0.1) is 14.9 Å². The minimum Gasteiger partial charge on any atom is -0.465 e. The molecule has 1 heterocycles. The van der Waals surface area contributed by atoms with Crippen LogP contribution in [0.2, 0.25) is 0 Å². The van der Waals surface area contributed by atoms with Crippen LogP contribution in [0.3, 0.4) is 0 Å². The van der Waals surface area contributed by atoms with E-state index in [1.807, 2.05) is 18.2 Å². The molecule has 1 saturated heterocycles. The van der Waals surface area contributed by atoms with Gasteiger partial charge in [-0.3, -0.25) is 0 Å². The number of benzene rings is 1. The Labute approximate surface area is 119 Å². The van der Waals surface area contributed by atoms with Gasteiger partial charge in [0.15, 0.2) is 0 Å². The Morgan fingerprint density at radius 3 is 2.67 bits per heavy atom. The lowest BCUT2D eigenvalue weighted by atomic mass is 9.89. The molecule has 1 aromatic rings. The minimum atomic E-state index is -0.839. The van der Waals surface area contributed by atoms with Gasteiger partial charge in [0.05, 0.1) is 5.56 Å². The molecule has 0 bridgehead atoms. The van der Waals surface area contributed by atoms with E-state index in [0.29, 0.717) is 24.6 Å². The number of likely N-dealkylation sites (tertiary alicyclic amines) is 1. The first-order valence-corrected chi connectivity index (χ1v) is 6.87. The Morgan fingerprint density at radius 1 is 1.44 bits per heavy atom. The SMILES string of the molecule is N#Cc1cccc(C2CCN(C(=O)O)CC2)c1I. The molecule has 18 heavy (non-hydrogen) atoms. The zero-order valence-electron chi connectivity index (χ0n) is 9.77. The van der Waals surface area contributed by atoms with Crippen LogP contribution in [0.1, 0.15) is 29.9 Å². The molecule has 0 radical (unpaired) electrons. The molecule has 0 aromatic heterocycles. The molecule has 0 saturated carbocycles. The van der Waals surface area contributed by atoms with Crippen molar-refractivity contribution in [2.45, 2.75) is 18.8 Å². The Balaban J connectivity index is 2.15. The average molecular weight is 356 g/mol. The van der Waals surface area contributed by atoms with Crippen molar-refractivity contribution in [2.24, 2.45) is 0 Å². The highest BCUT2D eigenvalue weighted by Gasteiger charge is 2.25. The van der Waals surface area contributed by atoms with Gasteiger partial charge in [0.1, 0.15) is 6.07 Å². The first kappa shape index (κ1) is 13.1. The summed E-state index contributed by atoms with van der Waals surface area (Å²) >= 11 is 2.21. The Morgan fingerprint density at radius 2 is 2.11 bits per heavy atom. The van der Waals surface area contributed by atoms with Crippen LogP contribution in [0.4, 0.5) is 4.79 Å². The number of amides is 1. The second kappa shape index (κ2) is 5.57. The third-order valence-corrected chi connectivity index (χ3v) is 4.56. The van der Waals surface area contributed by atoms with Gasteiger partial charge in [-0.05, 0) is 53.0 Å². The highest BCUT2D eigenvalue weighted by molar-refractivity contribution is 14.1. The molecular formula is C13H13IN2O2.